The summed E-state index contributed by atoms with van der Waals surface area (Å²) in [4.78, 5) is 26.6. The van der Waals surface area contributed by atoms with E-state index in [9.17, 15) is 9.59 Å². The molecule has 100 valence electrons. The first-order chi connectivity index (χ1) is 9.12. The Hall–Kier alpha value is -2.50. The van der Waals surface area contributed by atoms with Crippen molar-refractivity contribution in [1.29, 1.82) is 0 Å². The van der Waals surface area contributed by atoms with E-state index in [1.54, 1.807) is 12.1 Å². The molecule has 1 N–H and O–H groups in total. The number of hydrogen-bond donors (Lipinski definition) is 1. The number of ether oxygens (including phenoxy) is 2. The van der Waals surface area contributed by atoms with E-state index in [1.165, 1.54) is 20.3 Å². The van der Waals surface area contributed by atoms with Gasteiger partial charge in [-0.2, -0.15) is 0 Å². The van der Waals surface area contributed by atoms with Crippen LogP contribution in [0.1, 0.15) is 0 Å². The molecule has 0 spiro atoms. The molecule has 0 unspecified atom stereocenters. The van der Waals surface area contributed by atoms with Crippen LogP contribution in [0.5, 0.6) is 11.5 Å². The lowest BCUT2D eigenvalue weighted by Gasteiger charge is -2.09. The molecule has 6 nitrogen and oxygen atoms in total. The minimum absolute atomic E-state index is 0.151. The van der Waals surface area contributed by atoms with Crippen LogP contribution in [0, 0.1) is 0 Å². The lowest BCUT2D eigenvalue weighted by Crippen LogP contribution is -2.34. The van der Waals surface area contributed by atoms with Crippen LogP contribution in [0.25, 0.3) is 10.9 Å². The lowest BCUT2D eigenvalue weighted by molar-refractivity contribution is 0.355. The molecule has 2 aromatic rings. The zero-order valence-electron chi connectivity index (χ0n) is 10.7. The smallest absolute Gasteiger partial charge is 0.329 e. The van der Waals surface area contributed by atoms with Gasteiger partial charge in [-0.1, -0.05) is 6.08 Å². The Bertz CT molecular complexity index is 743. The van der Waals surface area contributed by atoms with Gasteiger partial charge in [0, 0.05) is 12.6 Å². The molecule has 0 saturated carbocycles. The summed E-state index contributed by atoms with van der Waals surface area (Å²) < 4.78 is 11.3. The first-order valence-corrected chi connectivity index (χ1v) is 5.62. The summed E-state index contributed by atoms with van der Waals surface area (Å²) in [6.07, 6.45) is 1.49. The molecule has 1 heterocycles. The van der Waals surface area contributed by atoms with Crippen molar-refractivity contribution in [2.24, 2.45) is 0 Å². The van der Waals surface area contributed by atoms with Crippen LogP contribution in [0.2, 0.25) is 0 Å². The largest absolute Gasteiger partial charge is 0.493 e. The summed E-state index contributed by atoms with van der Waals surface area (Å²) in [7, 11) is 2.97. The fraction of sp³-hybridized carbons (Fsp3) is 0.231. The van der Waals surface area contributed by atoms with Crippen LogP contribution in [-0.4, -0.2) is 23.8 Å². The van der Waals surface area contributed by atoms with Gasteiger partial charge >= 0.3 is 5.69 Å². The van der Waals surface area contributed by atoms with E-state index in [1.807, 2.05) is 0 Å². The number of nitrogens with zero attached hydrogens (tertiary/aromatic N) is 1. The van der Waals surface area contributed by atoms with Crippen molar-refractivity contribution in [3.63, 3.8) is 0 Å². The van der Waals surface area contributed by atoms with Gasteiger partial charge in [-0.3, -0.25) is 9.36 Å². The molecule has 0 saturated heterocycles. The van der Waals surface area contributed by atoms with Crippen molar-refractivity contribution in [3.8, 4) is 11.5 Å². The Kier molecular flexibility index (Phi) is 3.41. The Labute approximate surface area is 108 Å². The van der Waals surface area contributed by atoms with E-state index in [4.69, 9.17) is 9.47 Å². The molecule has 1 aromatic carbocycles. The molecule has 0 radical (unpaired) electrons. The third-order valence-corrected chi connectivity index (χ3v) is 2.80. The van der Waals surface area contributed by atoms with Gasteiger partial charge in [0.2, 0.25) is 0 Å². The summed E-state index contributed by atoms with van der Waals surface area (Å²) in [5, 5.41) is 0.360. The molecule has 0 fully saturated rings. The Morgan fingerprint density at radius 1 is 1.26 bits per heavy atom. The second-order valence-corrected chi connectivity index (χ2v) is 3.89. The zero-order valence-corrected chi connectivity index (χ0v) is 10.7. The lowest BCUT2D eigenvalue weighted by atomic mass is 10.2. The van der Waals surface area contributed by atoms with Crippen LogP contribution in [0.3, 0.4) is 0 Å². The van der Waals surface area contributed by atoms with Crippen LogP contribution in [0.15, 0.2) is 34.4 Å². The summed E-state index contributed by atoms with van der Waals surface area (Å²) in [5.74, 6) is 0.885. The Morgan fingerprint density at radius 3 is 2.47 bits per heavy atom. The minimum atomic E-state index is -0.482. The minimum Gasteiger partial charge on any atom is -0.493 e. The normalized spacial score (nSPS) is 10.4. The van der Waals surface area contributed by atoms with Gasteiger partial charge < -0.3 is 14.5 Å². The van der Waals surface area contributed by atoms with Gasteiger partial charge in [-0.25, -0.2) is 4.79 Å². The number of methoxy groups -OCH3 is 2. The van der Waals surface area contributed by atoms with Crippen LogP contribution in [-0.2, 0) is 6.54 Å². The molecule has 0 amide bonds. The fourth-order valence-corrected chi connectivity index (χ4v) is 1.87. The molecule has 0 atom stereocenters. The molecule has 6 heteroatoms. The van der Waals surface area contributed by atoms with E-state index < -0.39 is 5.69 Å². The van der Waals surface area contributed by atoms with E-state index in [0.717, 1.165) is 4.57 Å². The van der Waals surface area contributed by atoms with Gasteiger partial charge in [0.25, 0.3) is 5.56 Å². The van der Waals surface area contributed by atoms with E-state index in [0.29, 0.717) is 22.4 Å². The number of benzene rings is 1. The summed E-state index contributed by atoms with van der Waals surface area (Å²) >= 11 is 0. The third-order valence-electron chi connectivity index (χ3n) is 2.80. The number of rotatable bonds is 4. The maximum absolute atomic E-state index is 12.2. The molecule has 0 aliphatic carbocycles. The first-order valence-electron chi connectivity index (χ1n) is 5.62. The highest BCUT2D eigenvalue weighted by Crippen LogP contribution is 2.29. The van der Waals surface area contributed by atoms with Crippen LogP contribution in [0.4, 0.5) is 0 Å². The topological polar surface area (TPSA) is 73.3 Å². The summed E-state index contributed by atoms with van der Waals surface area (Å²) in [5.41, 5.74) is -0.461. The van der Waals surface area contributed by atoms with E-state index >= 15 is 0 Å². The quantitative estimate of drug-likeness (QED) is 0.831. The van der Waals surface area contributed by atoms with Gasteiger partial charge in [0.1, 0.15) is 0 Å². The molecule has 1 aromatic heterocycles. The van der Waals surface area contributed by atoms with Crippen LogP contribution < -0.4 is 20.7 Å². The van der Waals surface area contributed by atoms with Gasteiger partial charge in [-0.15, -0.1) is 6.58 Å². The van der Waals surface area contributed by atoms with Crippen molar-refractivity contribution in [2.45, 2.75) is 6.54 Å². The average Bonchev–Trinajstić information content (AvgIpc) is 2.42. The monoisotopic (exact) mass is 262 g/mol. The molecule has 0 aliphatic rings. The molecule has 19 heavy (non-hydrogen) atoms. The number of aromatic nitrogens is 2. The molecule has 2 rings (SSSR count). The SMILES string of the molecule is C=CCn1c(=O)[nH]c2cc(OC)c(OC)cc2c1=O. The van der Waals surface area contributed by atoms with Gasteiger partial charge in [0.05, 0.1) is 25.1 Å². The number of fused-ring (bicyclic) bond motifs is 1. The third kappa shape index (κ3) is 2.12. The highest BCUT2D eigenvalue weighted by Gasteiger charge is 2.11. The van der Waals surface area contributed by atoms with Crippen molar-refractivity contribution in [2.75, 3.05) is 14.2 Å². The molecular weight excluding hydrogens is 248 g/mol. The second-order valence-electron chi connectivity index (χ2n) is 3.89. The van der Waals surface area contributed by atoms with E-state index in [2.05, 4.69) is 11.6 Å². The van der Waals surface area contributed by atoms with Crippen molar-refractivity contribution in [1.82, 2.24) is 9.55 Å². The average molecular weight is 262 g/mol. The number of allylic oxidation sites excluding steroid dienone is 1. The van der Waals surface area contributed by atoms with Crippen molar-refractivity contribution < 1.29 is 9.47 Å². The van der Waals surface area contributed by atoms with Crippen molar-refractivity contribution >= 4 is 10.9 Å². The number of aromatic amines is 1. The highest BCUT2D eigenvalue weighted by molar-refractivity contribution is 5.81. The van der Waals surface area contributed by atoms with E-state index in [-0.39, 0.29) is 12.1 Å². The number of H-pyrrole nitrogens is 1. The molecule has 0 bridgehead atoms. The Balaban J connectivity index is 2.86. The molecule has 0 aliphatic heterocycles. The highest BCUT2D eigenvalue weighted by atomic mass is 16.5. The van der Waals surface area contributed by atoms with Crippen molar-refractivity contribution in [3.05, 3.63) is 45.6 Å². The van der Waals surface area contributed by atoms with Crippen LogP contribution >= 0.6 is 0 Å². The Morgan fingerprint density at radius 2 is 1.89 bits per heavy atom. The molecular formula is C13H14N2O4. The predicted molar refractivity (Wildman–Crippen MR) is 72.1 cm³/mol. The number of nitrogens with one attached hydrogen (secondary N) is 1. The zero-order chi connectivity index (χ0) is 14.0. The summed E-state index contributed by atoms with van der Waals surface area (Å²) in [6.45, 7) is 3.67. The standard InChI is InChI=1S/C13H14N2O4/c1-4-5-15-12(16)8-6-10(18-2)11(19-3)7-9(8)14-13(15)17/h4,6-7H,1,5H2,2-3H3,(H,14,17). The first kappa shape index (κ1) is 12.9. The summed E-state index contributed by atoms with van der Waals surface area (Å²) in [6, 6.07) is 3.11. The fourth-order valence-electron chi connectivity index (χ4n) is 1.87. The maximum atomic E-state index is 12.2. The predicted octanol–water partition coefficient (Wildman–Crippen LogP) is 0.893. The number of hydrogen-bond acceptors (Lipinski definition) is 4. The van der Waals surface area contributed by atoms with Gasteiger partial charge in [0.15, 0.2) is 11.5 Å². The van der Waals surface area contributed by atoms with Gasteiger partial charge in [-0.05, 0) is 6.07 Å². The second kappa shape index (κ2) is 5.01. The maximum Gasteiger partial charge on any atom is 0.329 e.